The van der Waals surface area contributed by atoms with Crippen LogP contribution in [0.25, 0.3) is 0 Å². The van der Waals surface area contributed by atoms with Gasteiger partial charge in [0.2, 0.25) is 0 Å². The Hall–Kier alpha value is -2.49. The van der Waals surface area contributed by atoms with E-state index in [0.29, 0.717) is 11.0 Å². The molecule has 0 spiro atoms. The molecule has 0 radical (unpaired) electrons. The van der Waals surface area contributed by atoms with Gasteiger partial charge in [0.25, 0.3) is 5.91 Å². The monoisotopic (exact) mass is 271 g/mol. The van der Waals surface area contributed by atoms with E-state index in [-0.39, 0.29) is 0 Å². The first-order valence-electron chi connectivity index (χ1n) is 4.96. The van der Waals surface area contributed by atoms with Crippen molar-refractivity contribution >= 4 is 11.9 Å². The molecule has 0 bridgehead atoms. The summed E-state index contributed by atoms with van der Waals surface area (Å²) in [4.78, 5) is 23.0. The molecule has 1 aromatic carbocycles. The van der Waals surface area contributed by atoms with Gasteiger partial charge in [0.1, 0.15) is 6.54 Å². The number of halogens is 3. The fraction of sp³-hybridized carbons (Fsp3) is 0.167. The van der Waals surface area contributed by atoms with Crippen molar-refractivity contribution in [1.29, 1.82) is 0 Å². The van der Waals surface area contributed by atoms with E-state index in [4.69, 9.17) is 11.5 Å². The van der Waals surface area contributed by atoms with Gasteiger partial charge in [-0.15, -0.1) is 6.42 Å². The molecule has 4 nitrogen and oxygen atoms in total. The Morgan fingerprint density at radius 3 is 2.42 bits per heavy atom. The van der Waals surface area contributed by atoms with E-state index in [1.54, 1.807) is 0 Å². The number of carbonyl (C=O) groups is 2. The van der Waals surface area contributed by atoms with Gasteiger partial charge in [-0.1, -0.05) is 5.92 Å². The van der Waals surface area contributed by atoms with Crippen molar-refractivity contribution < 1.29 is 27.9 Å². The number of terminal acetylenes is 1. The average Bonchev–Trinajstić information content (AvgIpc) is 2.34. The van der Waals surface area contributed by atoms with E-state index in [9.17, 15) is 22.8 Å². The van der Waals surface area contributed by atoms with Crippen molar-refractivity contribution in [3.05, 3.63) is 35.1 Å². The molecule has 0 aliphatic carbocycles. The SMILES string of the molecule is C#CCN(CC(=O)O)C(=O)c1ccc(F)c(F)c1F. The average molecular weight is 271 g/mol. The summed E-state index contributed by atoms with van der Waals surface area (Å²) >= 11 is 0. The molecular weight excluding hydrogens is 263 g/mol. The van der Waals surface area contributed by atoms with Crippen LogP contribution in [0, 0.1) is 29.8 Å². The molecule has 0 aliphatic heterocycles. The lowest BCUT2D eigenvalue weighted by Crippen LogP contribution is -2.36. The standard InChI is InChI=1S/C12H8F3NO3/c1-2-5-16(6-9(17)18)12(19)7-3-4-8(13)11(15)10(7)14/h1,3-4H,5-6H2,(H,17,18). The zero-order valence-electron chi connectivity index (χ0n) is 9.49. The van der Waals surface area contributed by atoms with Crippen molar-refractivity contribution in [3.8, 4) is 12.3 Å². The molecule has 1 aromatic rings. The quantitative estimate of drug-likeness (QED) is 0.662. The van der Waals surface area contributed by atoms with E-state index < -0.39 is 48.0 Å². The third-order valence-electron chi connectivity index (χ3n) is 2.16. The van der Waals surface area contributed by atoms with E-state index >= 15 is 0 Å². The van der Waals surface area contributed by atoms with Crippen molar-refractivity contribution in [2.45, 2.75) is 0 Å². The topological polar surface area (TPSA) is 57.6 Å². The van der Waals surface area contributed by atoms with Crippen LogP contribution in [0.5, 0.6) is 0 Å². The van der Waals surface area contributed by atoms with Crippen LogP contribution < -0.4 is 0 Å². The largest absolute Gasteiger partial charge is 0.480 e. The normalized spacial score (nSPS) is 9.79. The van der Waals surface area contributed by atoms with Crippen LogP contribution in [-0.2, 0) is 4.79 Å². The molecule has 0 atom stereocenters. The predicted molar refractivity (Wildman–Crippen MR) is 58.7 cm³/mol. The molecule has 19 heavy (non-hydrogen) atoms. The van der Waals surface area contributed by atoms with Crippen LogP contribution in [0.15, 0.2) is 12.1 Å². The molecule has 1 N–H and O–H groups in total. The summed E-state index contributed by atoms with van der Waals surface area (Å²) in [6.45, 7) is -1.18. The summed E-state index contributed by atoms with van der Waals surface area (Å²) in [7, 11) is 0. The predicted octanol–water partition coefficient (Wildman–Crippen LogP) is 1.26. The van der Waals surface area contributed by atoms with Gasteiger partial charge in [-0.05, 0) is 12.1 Å². The fourth-order valence-electron chi connectivity index (χ4n) is 1.33. The van der Waals surface area contributed by atoms with Crippen molar-refractivity contribution in [2.24, 2.45) is 0 Å². The van der Waals surface area contributed by atoms with Gasteiger partial charge < -0.3 is 10.0 Å². The van der Waals surface area contributed by atoms with Crippen molar-refractivity contribution in [2.75, 3.05) is 13.1 Å². The summed E-state index contributed by atoms with van der Waals surface area (Å²) in [5, 5.41) is 8.58. The number of aliphatic carboxylic acids is 1. The first kappa shape index (κ1) is 14.6. The van der Waals surface area contributed by atoms with Crippen LogP contribution in [0.3, 0.4) is 0 Å². The minimum absolute atomic E-state index is 0.399. The van der Waals surface area contributed by atoms with Gasteiger partial charge in [0, 0.05) is 0 Å². The van der Waals surface area contributed by atoms with Crippen molar-refractivity contribution in [3.63, 3.8) is 0 Å². The van der Waals surface area contributed by atoms with Crippen LogP contribution >= 0.6 is 0 Å². The van der Waals surface area contributed by atoms with E-state index in [2.05, 4.69) is 0 Å². The summed E-state index contributed by atoms with van der Waals surface area (Å²) in [6.07, 6.45) is 4.95. The Bertz CT molecular complexity index is 566. The Morgan fingerprint density at radius 1 is 1.26 bits per heavy atom. The number of carboxylic acids is 1. The minimum atomic E-state index is -1.80. The number of carboxylic acid groups (broad SMARTS) is 1. The number of hydrogen-bond acceptors (Lipinski definition) is 2. The van der Waals surface area contributed by atoms with E-state index in [1.165, 1.54) is 0 Å². The number of benzene rings is 1. The smallest absolute Gasteiger partial charge is 0.323 e. The number of nitrogens with zero attached hydrogens (tertiary/aromatic N) is 1. The molecule has 0 saturated heterocycles. The Kier molecular flexibility index (Phi) is 4.53. The molecule has 0 saturated carbocycles. The third-order valence-corrected chi connectivity index (χ3v) is 2.16. The summed E-state index contributed by atoms with van der Waals surface area (Å²) in [6, 6.07) is 1.29. The molecule has 0 unspecified atom stereocenters. The maximum atomic E-state index is 13.4. The maximum Gasteiger partial charge on any atom is 0.323 e. The Morgan fingerprint density at radius 2 is 1.89 bits per heavy atom. The highest BCUT2D eigenvalue weighted by molar-refractivity contribution is 5.96. The molecule has 1 amide bonds. The molecule has 1 rings (SSSR count). The first-order valence-corrected chi connectivity index (χ1v) is 4.96. The van der Waals surface area contributed by atoms with Crippen LogP contribution in [0.2, 0.25) is 0 Å². The molecule has 0 fully saturated rings. The zero-order valence-corrected chi connectivity index (χ0v) is 9.49. The molecule has 0 aliphatic rings. The van der Waals surface area contributed by atoms with Crippen LogP contribution in [-0.4, -0.2) is 35.0 Å². The summed E-state index contributed by atoms with van der Waals surface area (Å²) in [5.74, 6) is -5.41. The molecule has 0 aromatic heterocycles. The molecule has 7 heteroatoms. The highest BCUT2D eigenvalue weighted by Crippen LogP contribution is 2.16. The van der Waals surface area contributed by atoms with Gasteiger partial charge in [-0.3, -0.25) is 9.59 Å². The summed E-state index contributed by atoms with van der Waals surface area (Å²) < 4.78 is 39.1. The maximum absolute atomic E-state index is 13.4. The third kappa shape index (κ3) is 3.25. The van der Waals surface area contributed by atoms with Gasteiger partial charge in [-0.2, -0.15) is 0 Å². The minimum Gasteiger partial charge on any atom is -0.480 e. The van der Waals surface area contributed by atoms with E-state index in [0.717, 1.165) is 6.07 Å². The second-order valence-corrected chi connectivity index (χ2v) is 3.48. The highest BCUT2D eigenvalue weighted by Gasteiger charge is 2.24. The molecular formula is C12H8F3NO3. The Labute approximate surface area is 106 Å². The lowest BCUT2D eigenvalue weighted by Gasteiger charge is -2.18. The van der Waals surface area contributed by atoms with Gasteiger partial charge >= 0.3 is 5.97 Å². The number of carbonyl (C=O) groups excluding carboxylic acids is 1. The number of rotatable bonds is 4. The number of hydrogen-bond donors (Lipinski definition) is 1. The fourth-order valence-corrected chi connectivity index (χ4v) is 1.33. The zero-order chi connectivity index (χ0) is 14.6. The lowest BCUT2D eigenvalue weighted by atomic mass is 10.1. The lowest BCUT2D eigenvalue weighted by molar-refractivity contribution is -0.137. The second-order valence-electron chi connectivity index (χ2n) is 3.48. The van der Waals surface area contributed by atoms with Crippen LogP contribution in [0.4, 0.5) is 13.2 Å². The van der Waals surface area contributed by atoms with E-state index in [1.807, 2.05) is 5.92 Å². The highest BCUT2D eigenvalue weighted by atomic mass is 19.2. The molecule has 100 valence electrons. The second kappa shape index (κ2) is 5.91. The van der Waals surface area contributed by atoms with Gasteiger partial charge in [-0.25, -0.2) is 13.2 Å². The molecule has 0 heterocycles. The Balaban J connectivity index is 3.14. The first-order chi connectivity index (χ1) is 8.88. The van der Waals surface area contributed by atoms with Gasteiger partial charge in [0.15, 0.2) is 17.5 Å². The summed E-state index contributed by atoms with van der Waals surface area (Å²) in [5.41, 5.74) is -0.782. The van der Waals surface area contributed by atoms with Crippen LogP contribution in [0.1, 0.15) is 10.4 Å². The van der Waals surface area contributed by atoms with Crippen molar-refractivity contribution in [1.82, 2.24) is 4.90 Å². The number of amides is 1. The van der Waals surface area contributed by atoms with Gasteiger partial charge in [0.05, 0.1) is 12.1 Å².